The molecule has 1 amide bonds. The van der Waals surface area contributed by atoms with Crippen molar-refractivity contribution in [3.05, 3.63) is 35.1 Å². The molecule has 126 valence electrons. The van der Waals surface area contributed by atoms with E-state index in [1.165, 1.54) is 19.2 Å². The zero-order chi connectivity index (χ0) is 17.2. The maximum atomic E-state index is 14.1. The highest BCUT2D eigenvalue weighted by Crippen LogP contribution is 2.33. The first kappa shape index (κ1) is 17.2. The lowest BCUT2D eigenvalue weighted by molar-refractivity contribution is 0.0223. The van der Waals surface area contributed by atoms with Gasteiger partial charge in [-0.3, -0.25) is 0 Å². The van der Waals surface area contributed by atoms with Crippen molar-refractivity contribution in [2.75, 3.05) is 13.7 Å². The average Bonchev–Trinajstić information content (AvgIpc) is 2.94. The summed E-state index contributed by atoms with van der Waals surface area (Å²) in [5, 5.41) is 0. The van der Waals surface area contributed by atoms with Gasteiger partial charge < -0.3 is 14.4 Å². The number of ether oxygens (including phenoxy) is 2. The van der Waals surface area contributed by atoms with E-state index in [-0.39, 0.29) is 11.6 Å². The van der Waals surface area contributed by atoms with Crippen LogP contribution < -0.4 is 0 Å². The van der Waals surface area contributed by atoms with Crippen molar-refractivity contribution < 1.29 is 23.5 Å². The lowest BCUT2D eigenvalue weighted by atomic mass is 10.0. The smallest absolute Gasteiger partial charge is 0.410 e. The first-order chi connectivity index (χ1) is 10.7. The normalized spacial score (nSPS) is 18.0. The number of carbonyl (C=O) groups excluding carboxylic acids is 2. The minimum atomic E-state index is -0.718. The highest BCUT2D eigenvalue weighted by atomic mass is 19.1. The molecule has 1 saturated heterocycles. The van der Waals surface area contributed by atoms with Gasteiger partial charge in [0.2, 0.25) is 0 Å². The fraction of sp³-hybridized carbons (Fsp3) is 0.529. The van der Waals surface area contributed by atoms with Crippen LogP contribution in [0.5, 0.6) is 0 Å². The topological polar surface area (TPSA) is 55.8 Å². The van der Waals surface area contributed by atoms with Crippen LogP contribution in [0.3, 0.4) is 0 Å². The second kappa shape index (κ2) is 6.56. The molecule has 0 spiro atoms. The third kappa shape index (κ3) is 4.00. The molecule has 0 saturated carbocycles. The highest BCUT2D eigenvalue weighted by molar-refractivity contribution is 5.89. The number of methoxy groups -OCH3 is 1. The Morgan fingerprint density at radius 3 is 2.57 bits per heavy atom. The lowest BCUT2D eigenvalue weighted by Crippen LogP contribution is -2.36. The van der Waals surface area contributed by atoms with Crippen molar-refractivity contribution in [3.8, 4) is 0 Å². The molecule has 0 N–H and O–H groups in total. The quantitative estimate of drug-likeness (QED) is 0.779. The van der Waals surface area contributed by atoms with E-state index in [1.807, 2.05) is 0 Å². The number of benzene rings is 1. The number of likely N-dealkylation sites (tertiary alicyclic amines) is 1. The van der Waals surface area contributed by atoms with Crippen LogP contribution in [0.25, 0.3) is 0 Å². The molecule has 2 rings (SSSR count). The molecule has 6 heteroatoms. The minimum absolute atomic E-state index is 0.113. The van der Waals surface area contributed by atoms with Crippen molar-refractivity contribution >= 4 is 12.1 Å². The Hall–Kier alpha value is -2.11. The Bertz CT molecular complexity index is 609. The van der Waals surface area contributed by atoms with Gasteiger partial charge in [0, 0.05) is 6.54 Å². The van der Waals surface area contributed by atoms with Gasteiger partial charge in [0.15, 0.2) is 0 Å². The zero-order valence-electron chi connectivity index (χ0n) is 13.9. The Morgan fingerprint density at radius 2 is 2.00 bits per heavy atom. The van der Waals surface area contributed by atoms with Gasteiger partial charge in [-0.15, -0.1) is 0 Å². The first-order valence-electron chi connectivity index (χ1n) is 7.60. The predicted molar refractivity (Wildman–Crippen MR) is 82.7 cm³/mol. The predicted octanol–water partition coefficient (Wildman–Crippen LogP) is 3.68. The van der Waals surface area contributed by atoms with Crippen LogP contribution in [-0.2, 0) is 9.47 Å². The summed E-state index contributed by atoms with van der Waals surface area (Å²) in [5.41, 5.74) is -0.0407. The molecular formula is C17H22FNO4. The Morgan fingerprint density at radius 1 is 1.30 bits per heavy atom. The summed E-state index contributed by atoms with van der Waals surface area (Å²) < 4.78 is 24.0. The Balaban J connectivity index is 2.21. The summed E-state index contributed by atoms with van der Waals surface area (Å²) in [6, 6.07) is 4.09. The lowest BCUT2D eigenvalue weighted by Gasteiger charge is -2.29. The van der Waals surface area contributed by atoms with Crippen molar-refractivity contribution in [3.63, 3.8) is 0 Å². The SMILES string of the molecule is COC(=O)c1ccc([C@H]2CCCN2C(=O)OC(C)(C)C)cc1F. The first-order valence-corrected chi connectivity index (χ1v) is 7.60. The second-order valence-electron chi connectivity index (χ2n) is 6.56. The Labute approximate surface area is 135 Å². The third-order valence-electron chi connectivity index (χ3n) is 3.66. The van der Waals surface area contributed by atoms with Crippen molar-refractivity contribution in [1.82, 2.24) is 4.90 Å². The average molecular weight is 323 g/mol. The summed E-state index contributed by atoms with van der Waals surface area (Å²) in [6.45, 7) is 5.99. The zero-order valence-corrected chi connectivity index (χ0v) is 13.9. The van der Waals surface area contributed by atoms with E-state index in [0.717, 1.165) is 12.8 Å². The monoisotopic (exact) mass is 323 g/mol. The number of amides is 1. The highest BCUT2D eigenvalue weighted by Gasteiger charge is 2.33. The van der Waals surface area contributed by atoms with Crippen molar-refractivity contribution in [2.24, 2.45) is 0 Å². The summed E-state index contributed by atoms with van der Waals surface area (Å²) in [7, 11) is 1.21. The van der Waals surface area contributed by atoms with Gasteiger partial charge in [-0.1, -0.05) is 6.07 Å². The van der Waals surface area contributed by atoms with Crippen LogP contribution in [-0.4, -0.2) is 36.2 Å². The fourth-order valence-electron chi connectivity index (χ4n) is 2.67. The van der Waals surface area contributed by atoms with Gasteiger partial charge in [-0.25, -0.2) is 14.0 Å². The summed E-state index contributed by atoms with van der Waals surface area (Å²) in [5.74, 6) is -1.37. The maximum absolute atomic E-state index is 14.1. The third-order valence-corrected chi connectivity index (χ3v) is 3.66. The van der Waals surface area contributed by atoms with Crippen LogP contribution in [0, 0.1) is 5.82 Å². The number of esters is 1. The molecule has 1 fully saturated rings. The van der Waals surface area contributed by atoms with E-state index in [0.29, 0.717) is 12.1 Å². The Kier molecular flexibility index (Phi) is 4.92. The molecule has 1 atom stereocenters. The van der Waals surface area contributed by atoms with Crippen LogP contribution in [0.4, 0.5) is 9.18 Å². The molecule has 0 radical (unpaired) electrons. The minimum Gasteiger partial charge on any atom is -0.465 e. The van der Waals surface area contributed by atoms with Gasteiger partial charge in [0.1, 0.15) is 11.4 Å². The molecule has 0 aromatic heterocycles. The molecule has 1 aliphatic heterocycles. The molecule has 1 aromatic rings. The van der Waals surface area contributed by atoms with Gasteiger partial charge in [-0.2, -0.15) is 0 Å². The van der Waals surface area contributed by atoms with Crippen molar-refractivity contribution in [2.45, 2.75) is 45.3 Å². The number of halogens is 1. The maximum Gasteiger partial charge on any atom is 0.410 e. The van der Waals surface area contributed by atoms with Crippen LogP contribution in [0.1, 0.15) is 55.6 Å². The van der Waals surface area contributed by atoms with Crippen LogP contribution in [0.2, 0.25) is 0 Å². The summed E-state index contributed by atoms with van der Waals surface area (Å²) >= 11 is 0. The van der Waals surface area contributed by atoms with Gasteiger partial charge in [0.25, 0.3) is 0 Å². The molecule has 0 unspecified atom stereocenters. The van der Waals surface area contributed by atoms with E-state index in [9.17, 15) is 14.0 Å². The van der Waals surface area contributed by atoms with Gasteiger partial charge >= 0.3 is 12.1 Å². The molecule has 23 heavy (non-hydrogen) atoms. The van der Waals surface area contributed by atoms with Gasteiger partial charge in [-0.05, 0) is 51.3 Å². The van der Waals surface area contributed by atoms with E-state index in [2.05, 4.69) is 4.74 Å². The van der Waals surface area contributed by atoms with E-state index >= 15 is 0 Å². The molecule has 1 heterocycles. The molecule has 0 aliphatic carbocycles. The summed E-state index contributed by atoms with van der Waals surface area (Å²) in [4.78, 5) is 25.3. The molecule has 1 aromatic carbocycles. The molecule has 0 bridgehead atoms. The number of rotatable bonds is 2. The number of hydrogen-bond acceptors (Lipinski definition) is 4. The molecular weight excluding hydrogens is 301 g/mol. The number of carbonyl (C=O) groups is 2. The number of nitrogens with zero attached hydrogens (tertiary/aromatic N) is 1. The largest absolute Gasteiger partial charge is 0.465 e. The van der Waals surface area contributed by atoms with E-state index in [4.69, 9.17) is 4.74 Å². The molecule has 5 nitrogen and oxygen atoms in total. The van der Waals surface area contributed by atoms with Gasteiger partial charge in [0.05, 0.1) is 18.7 Å². The van der Waals surface area contributed by atoms with Crippen LogP contribution in [0.15, 0.2) is 18.2 Å². The van der Waals surface area contributed by atoms with Crippen LogP contribution >= 0.6 is 0 Å². The standard InChI is InChI=1S/C17H22FNO4/c1-17(2,3)23-16(21)19-9-5-6-14(19)11-7-8-12(13(18)10-11)15(20)22-4/h7-8,10,14H,5-6,9H2,1-4H3/t14-/m1/s1. The van der Waals surface area contributed by atoms with E-state index in [1.54, 1.807) is 31.7 Å². The second-order valence-corrected chi connectivity index (χ2v) is 6.56. The fourth-order valence-corrected chi connectivity index (χ4v) is 2.67. The number of hydrogen-bond donors (Lipinski definition) is 0. The van der Waals surface area contributed by atoms with Crippen molar-refractivity contribution in [1.29, 1.82) is 0 Å². The summed E-state index contributed by atoms with van der Waals surface area (Å²) in [6.07, 6.45) is 1.15. The molecule has 1 aliphatic rings. The van der Waals surface area contributed by atoms with E-state index < -0.39 is 23.5 Å².